The quantitative estimate of drug-likeness (QED) is 0.221. The van der Waals surface area contributed by atoms with Gasteiger partial charge in [0.15, 0.2) is 0 Å². The SMILES string of the molecule is Cc1ccc2c(CCC(=O)O)c(SSc3[nH]c4cc(C)ccc4c3CCC(=O)O)[nH]c2c1. The molecule has 0 unspecified atom stereocenters. The predicted octanol–water partition coefficient (Wildman–Crippen LogP) is 6.10. The summed E-state index contributed by atoms with van der Waals surface area (Å²) in [5.74, 6) is -1.64. The highest BCUT2D eigenvalue weighted by molar-refractivity contribution is 8.76. The summed E-state index contributed by atoms with van der Waals surface area (Å²) in [4.78, 5) is 29.3. The Balaban J connectivity index is 1.68. The van der Waals surface area contributed by atoms with Gasteiger partial charge in [-0.25, -0.2) is 0 Å². The van der Waals surface area contributed by atoms with Crippen molar-refractivity contribution in [2.24, 2.45) is 0 Å². The molecule has 166 valence electrons. The Morgan fingerprint density at radius 2 is 1.16 bits per heavy atom. The number of carbonyl (C=O) groups is 2. The predicted molar refractivity (Wildman–Crippen MR) is 130 cm³/mol. The van der Waals surface area contributed by atoms with Crippen molar-refractivity contribution >= 4 is 55.3 Å². The minimum Gasteiger partial charge on any atom is -0.481 e. The van der Waals surface area contributed by atoms with Crippen molar-refractivity contribution in [2.45, 2.75) is 49.6 Å². The number of hydrogen-bond donors (Lipinski definition) is 4. The largest absolute Gasteiger partial charge is 0.481 e. The fraction of sp³-hybridized carbons (Fsp3) is 0.250. The Morgan fingerprint density at radius 1 is 0.750 bits per heavy atom. The number of aliphatic carboxylic acids is 2. The molecule has 0 aliphatic heterocycles. The van der Waals surface area contributed by atoms with Crippen LogP contribution in [0, 0.1) is 13.8 Å². The Kier molecular flexibility index (Phi) is 6.53. The number of H-pyrrole nitrogens is 2. The van der Waals surface area contributed by atoms with Crippen LogP contribution in [-0.4, -0.2) is 32.1 Å². The van der Waals surface area contributed by atoms with E-state index in [1.165, 1.54) is 0 Å². The van der Waals surface area contributed by atoms with E-state index in [1.807, 2.05) is 38.1 Å². The number of rotatable bonds is 9. The lowest BCUT2D eigenvalue weighted by molar-refractivity contribution is -0.138. The zero-order valence-corrected chi connectivity index (χ0v) is 19.5. The van der Waals surface area contributed by atoms with Gasteiger partial charge in [0.1, 0.15) is 0 Å². The third-order valence-electron chi connectivity index (χ3n) is 5.43. The average Bonchev–Trinajstić information content (AvgIpc) is 3.25. The molecule has 0 aliphatic carbocycles. The van der Waals surface area contributed by atoms with Gasteiger partial charge in [-0.3, -0.25) is 9.59 Å². The molecule has 0 fully saturated rings. The van der Waals surface area contributed by atoms with Gasteiger partial charge in [0.25, 0.3) is 0 Å². The molecule has 0 saturated heterocycles. The van der Waals surface area contributed by atoms with Crippen LogP contribution in [0.4, 0.5) is 0 Å². The molecule has 4 rings (SSSR count). The van der Waals surface area contributed by atoms with Crippen molar-refractivity contribution in [1.82, 2.24) is 9.97 Å². The van der Waals surface area contributed by atoms with Gasteiger partial charge in [-0.15, -0.1) is 0 Å². The second-order valence-electron chi connectivity index (χ2n) is 7.92. The van der Waals surface area contributed by atoms with Crippen molar-refractivity contribution in [2.75, 3.05) is 0 Å². The molecule has 0 spiro atoms. The van der Waals surface area contributed by atoms with E-state index in [1.54, 1.807) is 21.6 Å². The standard InChI is InChI=1S/C24H24N2O4S2/c1-13-3-5-15-17(7-9-21(27)28)23(25-19(15)11-13)31-32-24-18(8-10-22(29)30)16-6-4-14(2)12-20(16)26-24/h3-6,11-12,25-26H,7-10H2,1-2H3,(H,27,28)(H,29,30). The van der Waals surface area contributed by atoms with E-state index in [-0.39, 0.29) is 12.8 Å². The minimum absolute atomic E-state index is 0.0641. The molecule has 0 aliphatic rings. The van der Waals surface area contributed by atoms with E-state index in [4.69, 9.17) is 0 Å². The number of carboxylic acid groups (broad SMARTS) is 2. The van der Waals surface area contributed by atoms with Crippen LogP contribution >= 0.6 is 21.6 Å². The summed E-state index contributed by atoms with van der Waals surface area (Å²) in [5.41, 5.74) is 6.25. The van der Waals surface area contributed by atoms with E-state index in [2.05, 4.69) is 22.1 Å². The number of aromatic amines is 2. The molecule has 0 atom stereocenters. The number of nitrogens with one attached hydrogen (secondary N) is 2. The fourth-order valence-electron chi connectivity index (χ4n) is 3.88. The van der Waals surface area contributed by atoms with Crippen LogP contribution in [0.2, 0.25) is 0 Å². The van der Waals surface area contributed by atoms with Crippen molar-refractivity contribution < 1.29 is 19.8 Å². The van der Waals surface area contributed by atoms with Crippen LogP contribution in [0.3, 0.4) is 0 Å². The van der Waals surface area contributed by atoms with E-state index in [0.717, 1.165) is 54.1 Å². The van der Waals surface area contributed by atoms with Crippen molar-refractivity contribution in [3.05, 3.63) is 58.7 Å². The average molecular weight is 469 g/mol. The second kappa shape index (κ2) is 9.34. The lowest BCUT2D eigenvalue weighted by Crippen LogP contribution is -1.98. The Hall–Kier alpha value is -2.84. The van der Waals surface area contributed by atoms with E-state index in [0.29, 0.717) is 12.8 Å². The molecular formula is C24H24N2O4S2. The van der Waals surface area contributed by atoms with Gasteiger partial charge in [-0.2, -0.15) is 0 Å². The maximum Gasteiger partial charge on any atom is 0.303 e. The van der Waals surface area contributed by atoms with Crippen molar-refractivity contribution in [1.29, 1.82) is 0 Å². The Bertz CT molecular complexity index is 1220. The number of benzene rings is 2. The summed E-state index contributed by atoms with van der Waals surface area (Å²) in [7, 11) is 3.08. The zero-order valence-electron chi connectivity index (χ0n) is 17.8. The summed E-state index contributed by atoms with van der Waals surface area (Å²) in [5, 5.41) is 22.3. The normalized spacial score (nSPS) is 11.4. The smallest absolute Gasteiger partial charge is 0.303 e. The number of fused-ring (bicyclic) bond motifs is 2. The van der Waals surface area contributed by atoms with Crippen LogP contribution in [0.25, 0.3) is 21.8 Å². The first-order valence-electron chi connectivity index (χ1n) is 10.3. The highest BCUT2D eigenvalue weighted by atomic mass is 33.1. The summed E-state index contributed by atoms with van der Waals surface area (Å²) in [6, 6.07) is 12.3. The highest BCUT2D eigenvalue weighted by Crippen LogP contribution is 2.44. The van der Waals surface area contributed by atoms with Crippen molar-refractivity contribution in [3.8, 4) is 0 Å². The third-order valence-corrected chi connectivity index (χ3v) is 7.79. The molecule has 2 heterocycles. The third kappa shape index (κ3) is 4.81. The number of carboxylic acids is 2. The molecule has 0 saturated carbocycles. The van der Waals surface area contributed by atoms with Crippen LogP contribution in [0.1, 0.15) is 35.1 Å². The molecule has 6 nitrogen and oxygen atoms in total. The van der Waals surface area contributed by atoms with Gasteiger partial charge >= 0.3 is 11.9 Å². The maximum absolute atomic E-state index is 11.2. The summed E-state index contributed by atoms with van der Waals surface area (Å²) in [6.07, 6.45) is 1.02. The molecule has 0 amide bonds. The Labute approximate surface area is 193 Å². The van der Waals surface area contributed by atoms with Gasteiger partial charge in [0.2, 0.25) is 0 Å². The number of hydrogen-bond acceptors (Lipinski definition) is 4. The number of aryl methyl sites for hydroxylation is 4. The van der Waals surface area contributed by atoms with E-state index in [9.17, 15) is 19.8 Å². The molecule has 0 bridgehead atoms. The molecule has 4 N–H and O–H groups in total. The Morgan fingerprint density at radius 3 is 1.53 bits per heavy atom. The molecular weight excluding hydrogens is 444 g/mol. The van der Waals surface area contributed by atoms with Crippen LogP contribution in [0.15, 0.2) is 46.5 Å². The second-order valence-corrected chi connectivity index (χ2v) is 10.1. The van der Waals surface area contributed by atoms with Crippen LogP contribution in [0.5, 0.6) is 0 Å². The lowest BCUT2D eigenvalue weighted by Gasteiger charge is -2.05. The van der Waals surface area contributed by atoms with Gasteiger partial charge in [-0.1, -0.05) is 24.3 Å². The highest BCUT2D eigenvalue weighted by Gasteiger charge is 2.18. The molecule has 8 heteroatoms. The molecule has 4 aromatic rings. The van der Waals surface area contributed by atoms with Gasteiger partial charge in [0, 0.05) is 34.6 Å². The number of aromatic nitrogens is 2. The monoisotopic (exact) mass is 468 g/mol. The summed E-state index contributed by atoms with van der Waals surface area (Å²) >= 11 is 0. The topological polar surface area (TPSA) is 106 Å². The van der Waals surface area contributed by atoms with E-state index < -0.39 is 11.9 Å². The van der Waals surface area contributed by atoms with Crippen LogP contribution < -0.4 is 0 Å². The van der Waals surface area contributed by atoms with Gasteiger partial charge in [-0.05, 0) is 82.7 Å². The molecule has 32 heavy (non-hydrogen) atoms. The summed E-state index contributed by atoms with van der Waals surface area (Å²) in [6.45, 7) is 4.06. The molecule has 2 aromatic carbocycles. The first kappa shape index (κ1) is 22.4. The summed E-state index contributed by atoms with van der Waals surface area (Å²) < 4.78 is 0. The first-order chi connectivity index (χ1) is 15.3. The van der Waals surface area contributed by atoms with Crippen molar-refractivity contribution in [3.63, 3.8) is 0 Å². The maximum atomic E-state index is 11.2. The molecule has 2 aromatic heterocycles. The zero-order chi connectivity index (χ0) is 22.8. The lowest BCUT2D eigenvalue weighted by atomic mass is 10.1. The minimum atomic E-state index is -0.822. The first-order valence-corrected chi connectivity index (χ1v) is 12.5. The van der Waals surface area contributed by atoms with Crippen LogP contribution in [-0.2, 0) is 22.4 Å². The fourth-order valence-corrected chi connectivity index (χ4v) is 6.32. The van der Waals surface area contributed by atoms with Gasteiger partial charge in [0.05, 0.1) is 10.1 Å². The van der Waals surface area contributed by atoms with E-state index >= 15 is 0 Å². The van der Waals surface area contributed by atoms with Gasteiger partial charge < -0.3 is 20.2 Å². The molecule has 0 radical (unpaired) electrons.